The van der Waals surface area contributed by atoms with Gasteiger partial charge in [0.1, 0.15) is 0 Å². The van der Waals surface area contributed by atoms with Gasteiger partial charge in [-0.3, -0.25) is 9.59 Å². The molecule has 0 aromatic heterocycles. The van der Waals surface area contributed by atoms with Crippen molar-refractivity contribution in [2.24, 2.45) is 10.2 Å². The quantitative estimate of drug-likeness (QED) is 0.738. The van der Waals surface area contributed by atoms with Crippen LogP contribution >= 0.6 is 0 Å². The predicted octanol–water partition coefficient (Wildman–Crippen LogP) is 3.76. The third kappa shape index (κ3) is 2.79. The molecule has 29 heavy (non-hydrogen) atoms. The van der Waals surface area contributed by atoms with Crippen LogP contribution in [0.5, 0.6) is 0 Å². The number of carbonyl (C=O) groups excluding carboxylic acids is 2. The smallest absolute Gasteiger partial charge is 0.269 e. The minimum atomic E-state index is -1.40. The second kappa shape index (κ2) is 6.81. The molecule has 0 saturated carbocycles. The molecule has 0 radical (unpaired) electrons. The van der Waals surface area contributed by atoms with Gasteiger partial charge in [-0.25, -0.2) is 5.01 Å². The number of carbonyl (C=O) groups is 2. The fourth-order valence-electron chi connectivity index (χ4n) is 3.85. The van der Waals surface area contributed by atoms with Gasteiger partial charge in [-0.05, 0) is 45.4 Å². The number of aryl methyl sites for hydroxylation is 1. The first-order chi connectivity index (χ1) is 13.9. The van der Waals surface area contributed by atoms with Crippen LogP contribution in [0.15, 0.2) is 70.4 Å². The molecule has 6 nitrogen and oxygen atoms in total. The van der Waals surface area contributed by atoms with Crippen LogP contribution in [0.4, 0.5) is 5.69 Å². The van der Waals surface area contributed by atoms with Crippen molar-refractivity contribution in [2.75, 3.05) is 5.01 Å². The first-order valence-corrected chi connectivity index (χ1v) is 9.45. The van der Waals surface area contributed by atoms with Gasteiger partial charge in [-0.2, -0.15) is 15.2 Å². The Labute approximate surface area is 169 Å². The SMILES string of the molecule is CC(C)=CC(=O)N1N=Cc2ccccc2C12C(=O)N(c1cccc(C)c1)N=C2C. The number of allylic oxidation sites excluding steroid dienone is 1. The summed E-state index contributed by atoms with van der Waals surface area (Å²) in [5.74, 6) is -0.676. The average molecular weight is 386 g/mol. The van der Waals surface area contributed by atoms with Crippen molar-refractivity contribution in [1.82, 2.24) is 5.01 Å². The van der Waals surface area contributed by atoms with Crippen molar-refractivity contribution < 1.29 is 9.59 Å². The first-order valence-electron chi connectivity index (χ1n) is 9.45. The van der Waals surface area contributed by atoms with Crippen LogP contribution in [-0.2, 0) is 15.1 Å². The minimum absolute atomic E-state index is 0.319. The maximum Gasteiger partial charge on any atom is 0.286 e. The molecule has 0 N–H and O–H groups in total. The Hall–Kier alpha value is -3.54. The van der Waals surface area contributed by atoms with Crippen LogP contribution in [0, 0.1) is 6.92 Å². The largest absolute Gasteiger partial charge is 0.286 e. The van der Waals surface area contributed by atoms with E-state index in [2.05, 4.69) is 10.2 Å². The summed E-state index contributed by atoms with van der Waals surface area (Å²) in [5.41, 5.74) is 3.10. The number of anilines is 1. The second-order valence-electron chi connectivity index (χ2n) is 7.56. The molecule has 2 amide bonds. The van der Waals surface area contributed by atoms with E-state index in [1.165, 1.54) is 16.1 Å². The van der Waals surface area contributed by atoms with Crippen LogP contribution in [0.2, 0.25) is 0 Å². The number of benzene rings is 2. The highest BCUT2D eigenvalue weighted by atomic mass is 16.2. The lowest BCUT2D eigenvalue weighted by atomic mass is 9.80. The van der Waals surface area contributed by atoms with Crippen molar-refractivity contribution in [3.05, 3.63) is 76.9 Å². The monoisotopic (exact) mass is 386 g/mol. The summed E-state index contributed by atoms with van der Waals surface area (Å²) in [6, 6.07) is 15.1. The van der Waals surface area contributed by atoms with E-state index < -0.39 is 5.54 Å². The van der Waals surface area contributed by atoms with Gasteiger partial charge in [0.05, 0.1) is 17.6 Å². The molecule has 2 aliphatic rings. The third-order valence-electron chi connectivity index (χ3n) is 5.12. The van der Waals surface area contributed by atoms with Gasteiger partial charge in [0.25, 0.3) is 11.8 Å². The van der Waals surface area contributed by atoms with Crippen molar-refractivity contribution in [3.8, 4) is 0 Å². The minimum Gasteiger partial charge on any atom is -0.269 e. The maximum atomic E-state index is 13.9. The van der Waals surface area contributed by atoms with E-state index in [4.69, 9.17) is 0 Å². The number of fused-ring (bicyclic) bond motifs is 2. The molecule has 0 saturated heterocycles. The summed E-state index contributed by atoms with van der Waals surface area (Å²) < 4.78 is 0. The topological polar surface area (TPSA) is 65.3 Å². The third-order valence-corrected chi connectivity index (χ3v) is 5.12. The number of amides is 2. The normalized spacial score (nSPS) is 20.0. The van der Waals surface area contributed by atoms with Gasteiger partial charge >= 0.3 is 0 Å². The maximum absolute atomic E-state index is 13.9. The van der Waals surface area contributed by atoms with E-state index in [0.717, 1.165) is 16.7 Å². The number of hydrogen-bond acceptors (Lipinski definition) is 4. The summed E-state index contributed by atoms with van der Waals surface area (Å²) >= 11 is 0. The van der Waals surface area contributed by atoms with E-state index in [0.29, 0.717) is 17.0 Å². The fourth-order valence-corrected chi connectivity index (χ4v) is 3.85. The van der Waals surface area contributed by atoms with Crippen molar-refractivity contribution >= 4 is 29.4 Å². The highest BCUT2D eigenvalue weighted by Gasteiger charge is 2.59. The molecule has 2 aliphatic heterocycles. The summed E-state index contributed by atoms with van der Waals surface area (Å²) in [4.78, 5) is 27.0. The molecule has 1 unspecified atom stereocenters. The van der Waals surface area contributed by atoms with E-state index in [1.807, 2.05) is 69.3 Å². The molecule has 4 rings (SSSR count). The second-order valence-corrected chi connectivity index (χ2v) is 7.56. The number of hydrogen-bond donors (Lipinski definition) is 0. The molecule has 2 aromatic carbocycles. The van der Waals surface area contributed by atoms with Crippen LogP contribution in [0.3, 0.4) is 0 Å². The zero-order valence-electron chi connectivity index (χ0n) is 16.9. The number of hydrazone groups is 2. The van der Waals surface area contributed by atoms with Crippen molar-refractivity contribution in [3.63, 3.8) is 0 Å². The van der Waals surface area contributed by atoms with Crippen LogP contribution in [-0.4, -0.2) is 28.7 Å². The van der Waals surface area contributed by atoms with Gasteiger partial charge in [0.15, 0.2) is 0 Å². The van der Waals surface area contributed by atoms with Gasteiger partial charge < -0.3 is 0 Å². The summed E-state index contributed by atoms with van der Waals surface area (Å²) in [6.45, 7) is 7.40. The molecule has 0 aliphatic carbocycles. The molecule has 1 spiro atoms. The lowest BCUT2D eigenvalue weighted by Gasteiger charge is -2.39. The molecule has 0 bridgehead atoms. The van der Waals surface area contributed by atoms with E-state index in [1.54, 1.807) is 13.1 Å². The molecule has 2 heterocycles. The molecule has 2 aromatic rings. The Morgan fingerprint density at radius 1 is 1.07 bits per heavy atom. The van der Waals surface area contributed by atoms with Gasteiger partial charge in [-0.15, -0.1) is 0 Å². The molecular formula is C23H22N4O2. The van der Waals surface area contributed by atoms with E-state index in [9.17, 15) is 9.59 Å². The first kappa shape index (κ1) is 18.8. The zero-order chi connectivity index (χ0) is 20.8. The number of nitrogens with zero attached hydrogens (tertiary/aromatic N) is 4. The van der Waals surface area contributed by atoms with Crippen molar-refractivity contribution in [1.29, 1.82) is 0 Å². The Kier molecular flexibility index (Phi) is 4.42. The van der Waals surface area contributed by atoms with Crippen LogP contribution < -0.4 is 5.01 Å². The molecule has 146 valence electrons. The molecule has 6 heteroatoms. The van der Waals surface area contributed by atoms with Crippen LogP contribution in [0.25, 0.3) is 0 Å². The average Bonchev–Trinajstić information content (AvgIpc) is 2.94. The Morgan fingerprint density at radius 2 is 1.83 bits per heavy atom. The lowest BCUT2D eigenvalue weighted by Crippen LogP contribution is -2.58. The van der Waals surface area contributed by atoms with Gasteiger partial charge in [0.2, 0.25) is 5.54 Å². The predicted molar refractivity (Wildman–Crippen MR) is 114 cm³/mol. The van der Waals surface area contributed by atoms with Crippen LogP contribution in [0.1, 0.15) is 37.5 Å². The highest BCUT2D eigenvalue weighted by molar-refractivity contribution is 6.25. The Balaban J connectivity index is 1.93. The Bertz CT molecular complexity index is 1110. The molecule has 1 atom stereocenters. The number of rotatable bonds is 2. The standard InChI is InChI=1S/C23H22N4O2/c1-15(2)12-21(28)27-23(20-11-6-5-9-18(20)14-24-27)17(4)25-26(22(23)29)19-10-7-8-16(3)13-19/h5-14H,1-4H3. The fraction of sp³-hybridized carbons (Fsp3) is 0.217. The summed E-state index contributed by atoms with van der Waals surface area (Å²) in [5, 5.41) is 11.6. The molecule has 0 fully saturated rings. The molecular weight excluding hydrogens is 364 g/mol. The van der Waals surface area contributed by atoms with Crippen molar-refractivity contribution in [2.45, 2.75) is 33.2 Å². The highest BCUT2D eigenvalue weighted by Crippen LogP contribution is 2.42. The van der Waals surface area contributed by atoms with Gasteiger partial charge in [-0.1, -0.05) is 42.0 Å². The van der Waals surface area contributed by atoms with E-state index >= 15 is 0 Å². The lowest BCUT2D eigenvalue weighted by molar-refractivity contribution is -0.139. The summed E-state index contributed by atoms with van der Waals surface area (Å²) in [7, 11) is 0. The zero-order valence-corrected chi connectivity index (χ0v) is 16.9. The van der Waals surface area contributed by atoms with Gasteiger partial charge in [0, 0.05) is 17.2 Å². The Morgan fingerprint density at radius 3 is 2.55 bits per heavy atom. The van der Waals surface area contributed by atoms with E-state index in [-0.39, 0.29) is 11.8 Å². The summed E-state index contributed by atoms with van der Waals surface area (Å²) in [6.07, 6.45) is 3.11.